The molecule has 3 aromatic rings. The molecular formula is C32H37FN6O2. The first kappa shape index (κ1) is 27.2. The summed E-state index contributed by atoms with van der Waals surface area (Å²) in [6, 6.07) is 19.4. The second kappa shape index (κ2) is 10.8. The van der Waals surface area contributed by atoms with Gasteiger partial charge < -0.3 is 20.9 Å². The lowest BCUT2D eigenvalue weighted by atomic mass is 9.74. The van der Waals surface area contributed by atoms with E-state index in [4.69, 9.17) is 10.6 Å². The topological polar surface area (TPSA) is 95.8 Å². The molecule has 0 saturated carbocycles. The van der Waals surface area contributed by atoms with Crippen molar-refractivity contribution in [1.82, 2.24) is 15.4 Å². The lowest BCUT2D eigenvalue weighted by Gasteiger charge is -2.38. The molecule has 2 fully saturated rings. The molecule has 3 aliphatic heterocycles. The number of carbonyl (C=O) groups excluding carboxylic acids is 1. The van der Waals surface area contributed by atoms with Crippen molar-refractivity contribution in [2.75, 3.05) is 43.4 Å². The Morgan fingerprint density at radius 2 is 1.80 bits per heavy atom. The molecule has 0 aliphatic carbocycles. The van der Waals surface area contributed by atoms with E-state index in [1.807, 2.05) is 47.4 Å². The van der Waals surface area contributed by atoms with Gasteiger partial charge in [-0.25, -0.2) is 9.37 Å². The van der Waals surface area contributed by atoms with Crippen LogP contribution in [0, 0.1) is 5.82 Å². The Labute approximate surface area is 240 Å². The number of nitrogens with two attached hydrogens (primary N) is 1. The van der Waals surface area contributed by atoms with Crippen LogP contribution in [-0.4, -0.2) is 54.6 Å². The molecule has 1 spiro atoms. The van der Waals surface area contributed by atoms with Gasteiger partial charge in [0.05, 0.1) is 17.8 Å². The second-order valence-electron chi connectivity index (χ2n) is 11.8. The van der Waals surface area contributed by atoms with Gasteiger partial charge in [-0.15, -0.1) is 0 Å². The van der Waals surface area contributed by atoms with Crippen LogP contribution in [-0.2, 0) is 10.3 Å². The third-order valence-electron chi connectivity index (χ3n) is 8.80. The molecule has 41 heavy (non-hydrogen) atoms. The minimum atomic E-state index is -0.741. The highest BCUT2D eigenvalue weighted by atomic mass is 19.1. The van der Waals surface area contributed by atoms with E-state index in [0.717, 1.165) is 55.7 Å². The lowest BCUT2D eigenvalue weighted by molar-refractivity contribution is -0.0415. The van der Waals surface area contributed by atoms with Crippen LogP contribution in [0.5, 0.6) is 0 Å². The second-order valence-corrected chi connectivity index (χ2v) is 11.8. The fraction of sp³-hybridized carbons (Fsp3) is 0.375. The molecule has 1 aromatic heterocycles. The highest BCUT2D eigenvalue weighted by Crippen LogP contribution is 2.38. The third kappa shape index (κ3) is 5.52. The van der Waals surface area contributed by atoms with Crippen molar-refractivity contribution >= 4 is 28.9 Å². The normalized spacial score (nSPS) is 22.3. The number of hydrogen-bond acceptors (Lipinski definition) is 7. The van der Waals surface area contributed by atoms with Gasteiger partial charge in [0.2, 0.25) is 0 Å². The van der Waals surface area contributed by atoms with Gasteiger partial charge in [-0.1, -0.05) is 49.4 Å². The van der Waals surface area contributed by atoms with Gasteiger partial charge in [0.15, 0.2) is 11.6 Å². The molecular weight excluding hydrogens is 519 g/mol. The van der Waals surface area contributed by atoms with Crippen LogP contribution in [0.25, 0.3) is 5.70 Å². The van der Waals surface area contributed by atoms with Crippen molar-refractivity contribution in [3.63, 3.8) is 0 Å². The number of primary amides is 1. The minimum Gasteiger partial charge on any atom is -0.365 e. The van der Waals surface area contributed by atoms with Gasteiger partial charge in [-0.2, -0.15) is 0 Å². The van der Waals surface area contributed by atoms with Crippen molar-refractivity contribution in [3.05, 3.63) is 89.2 Å². The summed E-state index contributed by atoms with van der Waals surface area (Å²) in [6.45, 7) is 5.49. The van der Waals surface area contributed by atoms with E-state index in [9.17, 15) is 4.79 Å². The number of hydroxylamine groups is 1. The zero-order valence-corrected chi connectivity index (χ0v) is 23.6. The number of hydrogen-bond donors (Lipinski definition) is 3. The molecule has 3 aliphatic rings. The van der Waals surface area contributed by atoms with Crippen LogP contribution in [0.3, 0.4) is 0 Å². The molecule has 9 heteroatoms. The molecule has 0 radical (unpaired) electrons. The average molecular weight is 557 g/mol. The number of piperidine rings is 2. The summed E-state index contributed by atoms with van der Waals surface area (Å²) < 4.78 is 15.4. The molecule has 4 heterocycles. The molecule has 214 valence electrons. The smallest absolute Gasteiger partial charge is 0.252 e. The van der Waals surface area contributed by atoms with Crippen molar-refractivity contribution in [2.24, 2.45) is 5.73 Å². The monoisotopic (exact) mass is 556 g/mol. The van der Waals surface area contributed by atoms with E-state index in [1.54, 1.807) is 0 Å². The average Bonchev–Trinajstić information content (AvgIpc) is 3.39. The maximum absolute atomic E-state index is 15.4. The molecule has 1 amide bonds. The molecule has 2 saturated heterocycles. The Kier molecular flexibility index (Phi) is 7.17. The van der Waals surface area contributed by atoms with Crippen molar-refractivity contribution in [1.29, 1.82) is 0 Å². The van der Waals surface area contributed by atoms with Crippen molar-refractivity contribution < 1.29 is 14.0 Å². The highest BCUT2D eigenvalue weighted by molar-refractivity contribution is 5.98. The Balaban J connectivity index is 1.25. The van der Waals surface area contributed by atoms with Crippen LogP contribution in [0.1, 0.15) is 54.1 Å². The van der Waals surface area contributed by atoms with Gasteiger partial charge in [0.1, 0.15) is 11.4 Å². The summed E-state index contributed by atoms with van der Waals surface area (Å²) in [4.78, 5) is 27.2. The Bertz CT molecular complexity index is 1450. The van der Waals surface area contributed by atoms with Gasteiger partial charge in [-0.05, 0) is 86.6 Å². The molecule has 2 aromatic carbocycles. The predicted octanol–water partition coefficient (Wildman–Crippen LogP) is 4.96. The summed E-state index contributed by atoms with van der Waals surface area (Å²) in [6.07, 6.45) is 5.86. The molecule has 1 atom stereocenters. The molecule has 6 rings (SSSR count). The van der Waals surface area contributed by atoms with Crippen molar-refractivity contribution in [2.45, 2.75) is 43.6 Å². The Morgan fingerprint density at radius 3 is 2.51 bits per heavy atom. The van der Waals surface area contributed by atoms with Gasteiger partial charge in [0.25, 0.3) is 5.91 Å². The summed E-state index contributed by atoms with van der Waals surface area (Å²) in [5, 5.41) is 3.23. The van der Waals surface area contributed by atoms with E-state index >= 15 is 4.39 Å². The fourth-order valence-corrected chi connectivity index (χ4v) is 6.15. The first-order valence-electron chi connectivity index (χ1n) is 14.3. The zero-order valence-electron chi connectivity index (χ0n) is 23.6. The minimum absolute atomic E-state index is 0.00868. The molecule has 1 unspecified atom stereocenters. The molecule has 4 N–H and O–H groups in total. The number of likely N-dealkylation sites (tertiary alicyclic amines) is 1. The quantitative estimate of drug-likeness (QED) is 0.395. The Morgan fingerprint density at radius 1 is 1.07 bits per heavy atom. The lowest BCUT2D eigenvalue weighted by Crippen LogP contribution is -2.49. The predicted molar refractivity (Wildman–Crippen MR) is 159 cm³/mol. The number of anilines is 3. The largest absolute Gasteiger partial charge is 0.365 e. The van der Waals surface area contributed by atoms with E-state index in [-0.39, 0.29) is 22.6 Å². The van der Waals surface area contributed by atoms with Crippen LogP contribution < -0.4 is 21.4 Å². The number of pyridine rings is 1. The number of benzene rings is 2. The van der Waals surface area contributed by atoms with Crippen LogP contribution in [0.15, 0.2) is 66.7 Å². The van der Waals surface area contributed by atoms with E-state index in [1.165, 1.54) is 11.6 Å². The maximum Gasteiger partial charge on any atom is 0.252 e. The third-order valence-corrected chi connectivity index (χ3v) is 8.80. The number of halogens is 1. The standard InChI is InChI=1S/C32H37FN6O2/c1-31(14-17-38(2)18-15-31)23-9-11-24(12-10-23)35-29-25(28(34)40)19-26(33)30(36-29)39-16-6-13-32(21-39)20-27(37-41-32)22-7-4-3-5-8-22/h3-5,7-12,19-20,37H,6,13-18,21H2,1-2H3,(H2,34,40)(H,35,36). The summed E-state index contributed by atoms with van der Waals surface area (Å²) in [5.74, 6) is -0.935. The summed E-state index contributed by atoms with van der Waals surface area (Å²) >= 11 is 0. The van der Waals surface area contributed by atoms with Crippen molar-refractivity contribution in [3.8, 4) is 0 Å². The van der Waals surface area contributed by atoms with E-state index < -0.39 is 17.3 Å². The van der Waals surface area contributed by atoms with Crippen LogP contribution >= 0.6 is 0 Å². The van der Waals surface area contributed by atoms with E-state index in [0.29, 0.717) is 13.1 Å². The first-order valence-corrected chi connectivity index (χ1v) is 14.3. The molecule has 0 bridgehead atoms. The number of rotatable bonds is 6. The first-order chi connectivity index (χ1) is 19.7. The zero-order chi connectivity index (χ0) is 28.6. The Hall–Kier alpha value is -3.95. The fourth-order valence-electron chi connectivity index (χ4n) is 6.15. The van der Waals surface area contributed by atoms with Crippen LogP contribution in [0.4, 0.5) is 21.7 Å². The maximum atomic E-state index is 15.4. The number of amides is 1. The van der Waals surface area contributed by atoms with Gasteiger partial charge in [-0.3, -0.25) is 15.1 Å². The number of nitrogens with zero attached hydrogens (tertiary/aromatic N) is 3. The van der Waals surface area contributed by atoms with E-state index in [2.05, 4.69) is 52.9 Å². The van der Waals surface area contributed by atoms with Gasteiger partial charge >= 0.3 is 0 Å². The number of aromatic nitrogens is 1. The number of carbonyl (C=O) groups is 1. The summed E-state index contributed by atoms with van der Waals surface area (Å²) in [5.41, 5.74) is 12.2. The highest BCUT2D eigenvalue weighted by Gasteiger charge is 2.41. The van der Waals surface area contributed by atoms with Gasteiger partial charge in [0, 0.05) is 12.2 Å². The SMILES string of the molecule is CN1CCC(C)(c2ccc(Nc3nc(N4CCCC5(C=C(c6ccccc6)NO5)C4)c(F)cc3C(N)=O)cc2)CC1. The molecule has 8 nitrogen and oxygen atoms in total. The summed E-state index contributed by atoms with van der Waals surface area (Å²) in [7, 11) is 2.16. The van der Waals surface area contributed by atoms with Crippen LogP contribution in [0.2, 0.25) is 0 Å². The number of nitrogens with one attached hydrogen (secondary N) is 2.